The van der Waals surface area contributed by atoms with Gasteiger partial charge in [0.25, 0.3) is 0 Å². The SMILES string of the molecule is Nc1ccc(S(=O)(=O)CCOc2ccc(Cl)cc2)cc1. The van der Waals surface area contributed by atoms with E-state index in [2.05, 4.69) is 0 Å². The molecule has 0 aliphatic heterocycles. The fraction of sp³-hybridized carbons (Fsp3) is 0.143. The first-order valence-corrected chi connectivity index (χ1v) is 7.97. The number of hydrogen-bond acceptors (Lipinski definition) is 4. The molecule has 2 aromatic carbocycles. The Hall–Kier alpha value is -1.72. The Balaban J connectivity index is 1.96. The first-order chi connectivity index (χ1) is 9.47. The van der Waals surface area contributed by atoms with E-state index >= 15 is 0 Å². The van der Waals surface area contributed by atoms with E-state index in [9.17, 15) is 8.42 Å². The second kappa shape index (κ2) is 6.15. The number of benzene rings is 2. The first kappa shape index (κ1) is 14.7. The molecule has 2 N–H and O–H groups in total. The van der Waals surface area contributed by atoms with Crippen molar-refractivity contribution in [1.82, 2.24) is 0 Å². The molecule has 0 radical (unpaired) electrons. The summed E-state index contributed by atoms with van der Waals surface area (Å²) in [4.78, 5) is 0.242. The van der Waals surface area contributed by atoms with E-state index in [0.29, 0.717) is 16.5 Å². The molecular formula is C14H14ClNO3S. The van der Waals surface area contributed by atoms with Crippen molar-refractivity contribution in [2.45, 2.75) is 4.90 Å². The zero-order valence-electron chi connectivity index (χ0n) is 10.6. The molecule has 2 rings (SSSR count). The maximum atomic E-state index is 12.0. The maximum absolute atomic E-state index is 12.0. The number of hydrogen-bond donors (Lipinski definition) is 1. The summed E-state index contributed by atoms with van der Waals surface area (Å²) in [5.41, 5.74) is 6.06. The monoisotopic (exact) mass is 311 g/mol. The highest BCUT2D eigenvalue weighted by Crippen LogP contribution is 2.17. The molecule has 4 nitrogen and oxygen atoms in total. The molecular weight excluding hydrogens is 298 g/mol. The van der Waals surface area contributed by atoms with Crippen molar-refractivity contribution in [2.75, 3.05) is 18.1 Å². The Morgan fingerprint density at radius 2 is 1.60 bits per heavy atom. The maximum Gasteiger partial charge on any atom is 0.181 e. The van der Waals surface area contributed by atoms with Crippen LogP contribution in [-0.2, 0) is 9.84 Å². The Bertz CT molecular complexity index is 667. The third-order valence-electron chi connectivity index (χ3n) is 2.67. The molecule has 6 heteroatoms. The van der Waals surface area contributed by atoms with Crippen molar-refractivity contribution in [3.05, 3.63) is 53.6 Å². The Morgan fingerprint density at radius 3 is 2.20 bits per heavy atom. The third kappa shape index (κ3) is 3.88. The van der Waals surface area contributed by atoms with Crippen molar-refractivity contribution in [3.8, 4) is 5.75 Å². The summed E-state index contributed by atoms with van der Waals surface area (Å²) in [6.07, 6.45) is 0. The van der Waals surface area contributed by atoms with Crippen LogP contribution in [0, 0.1) is 0 Å². The van der Waals surface area contributed by atoms with E-state index in [0.717, 1.165) is 0 Å². The van der Waals surface area contributed by atoms with Crippen molar-refractivity contribution < 1.29 is 13.2 Å². The van der Waals surface area contributed by atoms with Crippen LogP contribution in [0.3, 0.4) is 0 Å². The van der Waals surface area contributed by atoms with Gasteiger partial charge in [0.05, 0.1) is 10.6 Å². The minimum Gasteiger partial charge on any atom is -0.493 e. The van der Waals surface area contributed by atoms with Crippen LogP contribution in [-0.4, -0.2) is 20.8 Å². The highest BCUT2D eigenvalue weighted by Gasteiger charge is 2.14. The summed E-state index contributed by atoms with van der Waals surface area (Å²) < 4.78 is 29.5. The fourth-order valence-corrected chi connectivity index (χ4v) is 2.81. The van der Waals surface area contributed by atoms with Gasteiger partial charge in [-0.3, -0.25) is 0 Å². The minimum atomic E-state index is -3.36. The lowest BCUT2D eigenvalue weighted by Gasteiger charge is -2.07. The van der Waals surface area contributed by atoms with Crippen LogP contribution in [0.5, 0.6) is 5.75 Å². The number of anilines is 1. The molecule has 0 aliphatic carbocycles. The largest absolute Gasteiger partial charge is 0.493 e. The van der Waals surface area contributed by atoms with Crippen molar-refractivity contribution in [2.24, 2.45) is 0 Å². The lowest BCUT2D eigenvalue weighted by atomic mass is 10.3. The van der Waals surface area contributed by atoms with Gasteiger partial charge in [0, 0.05) is 10.7 Å². The normalized spacial score (nSPS) is 11.2. The smallest absolute Gasteiger partial charge is 0.181 e. The number of ether oxygens (including phenoxy) is 1. The van der Waals surface area contributed by atoms with E-state index in [1.54, 1.807) is 36.4 Å². The van der Waals surface area contributed by atoms with Gasteiger partial charge in [-0.25, -0.2) is 8.42 Å². The molecule has 0 aliphatic rings. The highest BCUT2D eigenvalue weighted by atomic mass is 35.5. The predicted octanol–water partition coefficient (Wildman–Crippen LogP) is 2.77. The molecule has 0 bridgehead atoms. The summed E-state index contributed by atoms with van der Waals surface area (Å²) in [5.74, 6) is 0.487. The lowest BCUT2D eigenvalue weighted by molar-refractivity contribution is 0.341. The number of nitrogens with two attached hydrogens (primary N) is 1. The van der Waals surface area contributed by atoms with Gasteiger partial charge in [-0.2, -0.15) is 0 Å². The molecule has 0 fully saturated rings. The summed E-state index contributed by atoms with van der Waals surface area (Å²) in [6, 6.07) is 12.9. The second-order valence-corrected chi connectivity index (χ2v) is 6.74. The molecule has 0 spiro atoms. The summed E-state index contributed by atoms with van der Waals surface area (Å²) in [5, 5.41) is 0.604. The third-order valence-corrected chi connectivity index (χ3v) is 4.62. The summed E-state index contributed by atoms with van der Waals surface area (Å²) >= 11 is 5.75. The van der Waals surface area contributed by atoms with Gasteiger partial charge in [0.15, 0.2) is 9.84 Å². The highest BCUT2D eigenvalue weighted by molar-refractivity contribution is 7.91. The molecule has 0 aromatic heterocycles. The van der Waals surface area contributed by atoms with Crippen LogP contribution in [0.1, 0.15) is 0 Å². The van der Waals surface area contributed by atoms with Crippen LogP contribution < -0.4 is 10.5 Å². The van der Waals surface area contributed by atoms with Gasteiger partial charge in [0.2, 0.25) is 0 Å². The summed E-state index contributed by atoms with van der Waals surface area (Å²) in [7, 11) is -3.36. The van der Waals surface area contributed by atoms with Crippen LogP contribution in [0.25, 0.3) is 0 Å². The van der Waals surface area contributed by atoms with E-state index in [4.69, 9.17) is 22.1 Å². The van der Waals surface area contributed by atoms with Gasteiger partial charge in [-0.15, -0.1) is 0 Å². The Kier molecular flexibility index (Phi) is 4.52. The molecule has 0 heterocycles. The van der Waals surface area contributed by atoms with E-state index in [1.807, 2.05) is 0 Å². The molecule has 106 valence electrons. The predicted molar refractivity (Wildman–Crippen MR) is 79.9 cm³/mol. The standard InChI is InChI=1S/C14H14ClNO3S/c15-11-1-5-13(6-2-11)19-9-10-20(17,18)14-7-3-12(16)4-8-14/h1-8H,9-10,16H2. The lowest BCUT2D eigenvalue weighted by Crippen LogP contribution is -2.14. The number of rotatable bonds is 5. The van der Waals surface area contributed by atoms with E-state index in [1.165, 1.54) is 12.1 Å². The molecule has 0 saturated heterocycles. The van der Waals surface area contributed by atoms with Gasteiger partial charge >= 0.3 is 0 Å². The van der Waals surface area contributed by atoms with Crippen LogP contribution in [0.4, 0.5) is 5.69 Å². The molecule has 0 saturated carbocycles. The molecule has 0 amide bonds. The molecule has 2 aromatic rings. The van der Waals surface area contributed by atoms with Gasteiger partial charge in [0.1, 0.15) is 12.4 Å². The van der Waals surface area contributed by atoms with Crippen LogP contribution in [0.15, 0.2) is 53.4 Å². The molecule has 0 atom stereocenters. The Labute approximate surface area is 123 Å². The molecule has 20 heavy (non-hydrogen) atoms. The van der Waals surface area contributed by atoms with Gasteiger partial charge in [-0.05, 0) is 48.5 Å². The average Bonchev–Trinajstić information content (AvgIpc) is 2.41. The topological polar surface area (TPSA) is 69.4 Å². The van der Waals surface area contributed by atoms with Crippen molar-refractivity contribution in [1.29, 1.82) is 0 Å². The zero-order chi connectivity index (χ0) is 14.6. The van der Waals surface area contributed by atoms with E-state index < -0.39 is 9.84 Å². The molecule has 0 unspecified atom stereocenters. The number of nitrogen functional groups attached to an aromatic ring is 1. The number of halogens is 1. The number of sulfone groups is 1. The van der Waals surface area contributed by atoms with Crippen molar-refractivity contribution in [3.63, 3.8) is 0 Å². The average molecular weight is 312 g/mol. The van der Waals surface area contributed by atoms with Gasteiger partial charge < -0.3 is 10.5 Å². The fourth-order valence-electron chi connectivity index (χ4n) is 1.59. The zero-order valence-corrected chi connectivity index (χ0v) is 12.2. The Morgan fingerprint density at radius 1 is 1.00 bits per heavy atom. The quantitative estimate of drug-likeness (QED) is 0.862. The van der Waals surface area contributed by atoms with E-state index in [-0.39, 0.29) is 17.3 Å². The minimum absolute atomic E-state index is 0.0777. The van der Waals surface area contributed by atoms with Crippen molar-refractivity contribution >= 4 is 27.1 Å². The van der Waals surface area contributed by atoms with Crippen LogP contribution >= 0.6 is 11.6 Å². The first-order valence-electron chi connectivity index (χ1n) is 5.94. The second-order valence-electron chi connectivity index (χ2n) is 4.19. The summed E-state index contributed by atoms with van der Waals surface area (Å²) in [6.45, 7) is 0.0777. The van der Waals surface area contributed by atoms with Gasteiger partial charge in [-0.1, -0.05) is 11.6 Å². The van der Waals surface area contributed by atoms with Crippen LogP contribution in [0.2, 0.25) is 5.02 Å².